The van der Waals surface area contributed by atoms with Crippen molar-refractivity contribution in [2.45, 2.75) is 71.3 Å². The van der Waals surface area contributed by atoms with Gasteiger partial charge in [0, 0.05) is 11.6 Å². The molecule has 0 radical (unpaired) electrons. The Labute approximate surface area is 174 Å². The highest BCUT2D eigenvalue weighted by molar-refractivity contribution is 6.10. The summed E-state index contributed by atoms with van der Waals surface area (Å²) in [5.74, 6) is -3.40. The van der Waals surface area contributed by atoms with E-state index in [1.54, 1.807) is 20.8 Å². The van der Waals surface area contributed by atoms with Crippen molar-refractivity contribution < 1.29 is 28.3 Å². The van der Waals surface area contributed by atoms with E-state index >= 15 is 4.39 Å². The van der Waals surface area contributed by atoms with Crippen LogP contribution in [0, 0.1) is 17.0 Å². The van der Waals surface area contributed by atoms with Crippen LogP contribution in [0.4, 0.5) is 14.5 Å². The predicted octanol–water partition coefficient (Wildman–Crippen LogP) is 3.47. The largest absolute Gasteiger partial charge is 0.481 e. The van der Waals surface area contributed by atoms with Gasteiger partial charge >= 0.3 is 5.97 Å². The summed E-state index contributed by atoms with van der Waals surface area (Å²) in [5, 5.41) is 11.7. The maximum atomic E-state index is 15.2. The fourth-order valence-corrected chi connectivity index (χ4v) is 4.03. The normalized spacial score (nSPS) is 18.9. The molecule has 1 fully saturated rings. The number of nitrogens with zero attached hydrogens (tertiary/aromatic N) is 1. The molecule has 2 aliphatic rings. The third kappa shape index (κ3) is 3.79. The molecule has 0 spiro atoms. The molecule has 1 atom stereocenters. The molecule has 0 bridgehead atoms. The summed E-state index contributed by atoms with van der Waals surface area (Å²) < 4.78 is 30.2. The molecule has 1 aliphatic heterocycles. The van der Waals surface area contributed by atoms with E-state index in [4.69, 9.17) is 5.11 Å². The number of hydrogen-bond donors (Lipinski definition) is 2. The number of carboxylic acid groups (broad SMARTS) is 1. The van der Waals surface area contributed by atoms with Crippen LogP contribution >= 0.6 is 0 Å². The van der Waals surface area contributed by atoms with Gasteiger partial charge in [0.1, 0.15) is 18.2 Å². The van der Waals surface area contributed by atoms with Crippen molar-refractivity contribution in [1.82, 2.24) is 5.32 Å². The monoisotopic (exact) mass is 422 g/mol. The molecule has 1 aromatic rings. The Morgan fingerprint density at radius 2 is 1.93 bits per heavy atom. The maximum absolute atomic E-state index is 15.2. The number of hydrogen-bond acceptors (Lipinski definition) is 3. The summed E-state index contributed by atoms with van der Waals surface area (Å²) in [6, 6.07) is 0.634. The zero-order valence-electron chi connectivity index (χ0n) is 17.9. The van der Waals surface area contributed by atoms with Crippen LogP contribution in [0.2, 0.25) is 0 Å². The summed E-state index contributed by atoms with van der Waals surface area (Å²) in [5.41, 5.74) is -1.91. The average molecular weight is 422 g/mol. The Hall–Kier alpha value is -2.51. The molecule has 1 saturated carbocycles. The van der Waals surface area contributed by atoms with E-state index in [1.165, 1.54) is 13.8 Å². The SMILES string of the molecule is C[C@H](NC(=O)CN1C(=O)C(C)(C)c2c(F)c(C3CC3)cc(F)c21)C(C)(C)CC(=O)O. The molecule has 0 unspecified atom stereocenters. The number of fused-ring (bicyclic) bond motifs is 1. The molecule has 30 heavy (non-hydrogen) atoms. The Kier molecular flexibility index (Phi) is 5.41. The van der Waals surface area contributed by atoms with Gasteiger partial charge in [0.15, 0.2) is 0 Å². The second-order valence-corrected chi connectivity index (χ2v) is 9.62. The van der Waals surface area contributed by atoms with Gasteiger partial charge in [0.2, 0.25) is 11.8 Å². The maximum Gasteiger partial charge on any atom is 0.303 e. The molecule has 2 amide bonds. The van der Waals surface area contributed by atoms with Gasteiger partial charge < -0.3 is 10.4 Å². The van der Waals surface area contributed by atoms with Gasteiger partial charge in [-0.1, -0.05) is 13.8 Å². The minimum Gasteiger partial charge on any atom is -0.481 e. The molecule has 1 aromatic carbocycles. The molecule has 6 nitrogen and oxygen atoms in total. The molecule has 1 aliphatic carbocycles. The smallest absolute Gasteiger partial charge is 0.303 e. The van der Waals surface area contributed by atoms with Crippen LogP contribution in [0.15, 0.2) is 6.07 Å². The minimum absolute atomic E-state index is 0.00135. The number of amides is 2. The van der Waals surface area contributed by atoms with Gasteiger partial charge in [-0.25, -0.2) is 8.78 Å². The molecule has 1 heterocycles. The topological polar surface area (TPSA) is 86.7 Å². The molecule has 0 aromatic heterocycles. The number of carbonyl (C=O) groups excluding carboxylic acids is 2. The molecule has 2 N–H and O–H groups in total. The van der Waals surface area contributed by atoms with E-state index in [-0.39, 0.29) is 23.6 Å². The van der Waals surface area contributed by atoms with E-state index in [1.807, 2.05) is 0 Å². The van der Waals surface area contributed by atoms with Crippen LogP contribution in [0.5, 0.6) is 0 Å². The third-order valence-electron chi connectivity index (χ3n) is 6.37. The minimum atomic E-state index is -1.29. The van der Waals surface area contributed by atoms with E-state index in [2.05, 4.69) is 5.32 Å². The molecule has 164 valence electrons. The van der Waals surface area contributed by atoms with E-state index in [9.17, 15) is 18.8 Å². The third-order valence-corrected chi connectivity index (χ3v) is 6.37. The van der Waals surface area contributed by atoms with Gasteiger partial charge in [0.25, 0.3) is 0 Å². The van der Waals surface area contributed by atoms with E-state index in [0.717, 1.165) is 23.8 Å². The quantitative estimate of drug-likeness (QED) is 0.705. The van der Waals surface area contributed by atoms with Crippen molar-refractivity contribution in [3.05, 3.63) is 28.8 Å². The molecular formula is C22H28F2N2O4. The first-order chi connectivity index (χ1) is 13.8. The average Bonchev–Trinajstić information content (AvgIpc) is 3.41. The number of carboxylic acids is 1. The lowest BCUT2D eigenvalue weighted by Gasteiger charge is -2.31. The number of nitrogens with one attached hydrogen (secondary N) is 1. The lowest BCUT2D eigenvalue weighted by molar-refractivity contribution is -0.140. The van der Waals surface area contributed by atoms with Crippen molar-refractivity contribution >= 4 is 23.5 Å². The predicted molar refractivity (Wildman–Crippen MR) is 107 cm³/mol. The highest BCUT2D eigenvalue weighted by Crippen LogP contribution is 2.50. The van der Waals surface area contributed by atoms with Gasteiger partial charge in [0.05, 0.1) is 17.5 Å². The summed E-state index contributed by atoms with van der Waals surface area (Å²) in [4.78, 5) is 37.6. The fourth-order valence-electron chi connectivity index (χ4n) is 4.03. The molecule has 0 saturated heterocycles. The number of benzene rings is 1. The van der Waals surface area contributed by atoms with Gasteiger partial charge in [-0.05, 0) is 56.6 Å². The Morgan fingerprint density at radius 3 is 2.47 bits per heavy atom. The van der Waals surface area contributed by atoms with Crippen molar-refractivity contribution in [1.29, 1.82) is 0 Å². The summed E-state index contributed by atoms with van der Waals surface area (Å²) in [6.45, 7) is 7.68. The Morgan fingerprint density at radius 1 is 1.33 bits per heavy atom. The second-order valence-electron chi connectivity index (χ2n) is 9.62. The van der Waals surface area contributed by atoms with Crippen LogP contribution in [0.1, 0.15) is 70.9 Å². The molecule has 3 rings (SSSR count). The van der Waals surface area contributed by atoms with Crippen LogP contribution in [0.25, 0.3) is 0 Å². The fraction of sp³-hybridized carbons (Fsp3) is 0.591. The zero-order valence-corrected chi connectivity index (χ0v) is 17.9. The van der Waals surface area contributed by atoms with E-state index in [0.29, 0.717) is 5.56 Å². The number of carbonyl (C=O) groups is 3. The van der Waals surface area contributed by atoms with Crippen molar-refractivity contribution in [3.8, 4) is 0 Å². The Balaban J connectivity index is 1.86. The first kappa shape index (κ1) is 22.2. The van der Waals surface area contributed by atoms with Crippen LogP contribution < -0.4 is 10.2 Å². The van der Waals surface area contributed by atoms with Gasteiger partial charge in [-0.3, -0.25) is 19.3 Å². The zero-order chi connectivity index (χ0) is 22.6. The number of aliphatic carboxylic acids is 1. The Bertz CT molecular complexity index is 922. The summed E-state index contributed by atoms with van der Waals surface area (Å²) in [6.07, 6.45) is 1.43. The highest BCUT2D eigenvalue weighted by atomic mass is 19.1. The number of rotatable bonds is 7. The molecular weight excluding hydrogens is 394 g/mol. The lowest BCUT2D eigenvalue weighted by Crippen LogP contribution is -2.49. The van der Waals surface area contributed by atoms with Crippen LogP contribution in [0.3, 0.4) is 0 Å². The van der Waals surface area contributed by atoms with Gasteiger partial charge in [-0.2, -0.15) is 0 Å². The van der Waals surface area contributed by atoms with Crippen molar-refractivity contribution in [2.75, 3.05) is 11.4 Å². The van der Waals surface area contributed by atoms with Gasteiger partial charge in [-0.15, -0.1) is 0 Å². The summed E-state index contributed by atoms with van der Waals surface area (Å²) in [7, 11) is 0. The first-order valence-corrected chi connectivity index (χ1v) is 10.1. The highest BCUT2D eigenvalue weighted by Gasteiger charge is 2.49. The lowest BCUT2D eigenvalue weighted by atomic mass is 9.82. The van der Waals surface area contributed by atoms with Crippen LogP contribution in [-0.4, -0.2) is 35.5 Å². The van der Waals surface area contributed by atoms with E-state index < -0.39 is 52.8 Å². The van der Waals surface area contributed by atoms with Crippen molar-refractivity contribution in [3.63, 3.8) is 0 Å². The number of halogens is 2. The first-order valence-electron chi connectivity index (χ1n) is 10.1. The number of anilines is 1. The standard InChI is InChI=1S/C22H28F2N2O4/c1-11(21(2,3)9-16(28)29)25-15(27)10-26-19-14(23)8-13(12-6-7-12)18(24)17(19)22(4,5)20(26)30/h8,11-12H,6-7,9-10H2,1-5H3,(H,25,27)(H,28,29)/t11-/m0/s1. The summed E-state index contributed by atoms with van der Waals surface area (Å²) >= 11 is 0. The molecule has 8 heteroatoms. The van der Waals surface area contributed by atoms with Crippen molar-refractivity contribution in [2.24, 2.45) is 5.41 Å². The van der Waals surface area contributed by atoms with Crippen LogP contribution in [-0.2, 0) is 19.8 Å². The second kappa shape index (κ2) is 7.32.